The molecule has 0 aliphatic carbocycles. The van der Waals surface area contributed by atoms with Crippen molar-refractivity contribution in [2.24, 2.45) is 0 Å². The first-order chi connectivity index (χ1) is 14.3. The van der Waals surface area contributed by atoms with Crippen LogP contribution < -0.4 is 13.9 Å². The summed E-state index contributed by atoms with van der Waals surface area (Å²) in [7, 11) is 0. The molecule has 4 heteroatoms. The zero-order valence-corrected chi connectivity index (χ0v) is 22.5. The number of hydrogen-bond acceptors (Lipinski definition) is 1. The molecule has 0 saturated carbocycles. The maximum atomic E-state index is 2.52. The monoisotopic (exact) mass is 531 g/mol. The number of nitrogens with zero attached hydrogens (tertiary/aromatic N) is 2. The fourth-order valence-electron chi connectivity index (χ4n) is 4.01. The van der Waals surface area contributed by atoms with Crippen molar-refractivity contribution in [2.45, 2.75) is 55.0 Å². The van der Waals surface area contributed by atoms with Gasteiger partial charge in [-0.1, -0.05) is 0 Å². The van der Waals surface area contributed by atoms with Gasteiger partial charge in [-0.2, -0.15) is 0 Å². The third-order valence-corrected chi connectivity index (χ3v) is 10.6. The third-order valence-electron chi connectivity index (χ3n) is 6.03. The molecule has 0 saturated heterocycles. The molecular weight excluding hydrogens is 498 g/mol. The molecule has 0 radical (unpaired) electrons. The summed E-state index contributed by atoms with van der Waals surface area (Å²) in [4.78, 5) is 2.52. The summed E-state index contributed by atoms with van der Waals surface area (Å²) < 4.78 is 8.53. The summed E-state index contributed by atoms with van der Waals surface area (Å²) in [6.07, 6.45) is 4.87. The van der Waals surface area contributed by atoms with Gasteiger partial charge in [-0.15, -0.1) is 0 Å². The van der Waals surface area contributed by atoms with E-state index in [9.17, 15) is 0 Å². The quantitative estimate of drug-likeness (QED) is 0.356. The Morgan fingerprint density at radius 2 is 1.63 bits per heavy atom. The Balaban J connectivity index is 1.73. The second-order valence-electron chi connectivity index (χ2n) is 8.21. The zero-order chi connectivity index (χ0) is 21.6. The van der Waals surface area contributed by atoms with Gasteiger partial charge in [-0.3, -0.25) is 0 Å². The molecule has 2 heterocycles. The van der Waals surface area contributed by atoms with Crippen molar-refractivity contribution in [2.75, 3.05) is 11.4 Å². The van der Waals surface area contributed by atoms with E-state index in [1.807, 2.05) is 0 Å². The number of hydrogen-bond donors (Lipinski definition) is 0. The molecule has 0 unspecified atom stereocenters. The summed E-state index contributed by atoms with van der Waals surface area (Å²) in [5, 5.41) is 0. The van der Waals surface area contributed by atoms with E-state index < -0.39 is 0 Å². The van der Waals surface area contributed by atoms with Crippen LogP contribution in [0.15, 0.2) is 40.5 Å². The second-order valence-corrected chi connectivity index (χ2v) is 12.7. The maximum absolute atomic E-state index is 2.52. The van der Waals surface area contributed by atoms with Crippen molar-refractivity contribution in [3.63, 3.8) is 0 Å². The normalized spacial score (nSPS) is 15.5. The molecule has 2 aromatic carbocycles. The van der Waals surface area contributed by atoms with Gasteiger partial charge in [-0.05, 0) is 0 Å². The molecule has 30 heavy (non-hydrogen) atoms. The topological polar surface area (TPSA) is 7.12 Å². The van der Waals surface area contributed by atoms with E-state index in [0.717, 1.165) is 13.1 Å². The number of rotatable bonds is 4. The van der Waals surface area contributed by atoms with E-state index in [2.05, 4.69) is 94.4 Å². The van der Waals surface area contributed by atoms with Gasteiger partial charge in [0.05, 0.1) is 0 Å². The molecule has 156 valence electrons. The van der Waals surface area contributed by atoms with Crippen molar-refractivity contribution < 1.29 is 4.57 Å². The third kappa shape index (κ3) is 3.87. The molecular formula is C26H31N2Se2+. The Hall–Kier alpha value is -1.57. The molecule has 3 aromatic rings. The van der Waals surface area contributed by atoms with Gasteiger partial charge in [0.1, 0.15) is 0 Å². The van der Waals surface area contributed by atoms with Crippen LogP contribution in [0.1, 0.15) is 47.6 Å². The van der Waals surface area contributed by atoms with Gasteiger partial charge in [-0.25, -0.2) is 0 Å². The van der Waals surface area contributed by atoms with E-state index in [4.69, 9.17) is 0 Å². The SMILES string of the molecule is CCN1/C(=C/C(C)=C/c2[se]c3cc(C)c(C)cc3[n+]2CC)[Se]c2cc(C)c(C)cc21. The minimum atomic E-state index is 0.381. The van der Waals surface area contributed by atoms with Crippen LogP contribution in [0, 0.1) is 27.7 Å². The van der Waals surface area contributed by atoms with Crippen LogP contribution >= 0.6 is 0 Å². The molecule has 0 spiro atoms. The first-order valence-electron chi connectivity index (χ1n) is 10.7. The number of aryl methyl sites for hydroxylation is 5. The van der Waals surface area contributed by atoms with Crippen molar-refractivity contribution in [3.05, 3.63) is 67.3 Å². The molecule has 0 amide bonds. The Morgan fingerprint density at radius 1 is 0.967 bits per heavy atom. The van der Waals surface area contributed by atoms with Crippen molar-refractivity contribution in [3.8, 4) is 0 Å². The average Bonchev–Trinajstić information content (AvgIpc) is 3.18. The Kier molecular flexibility index (Phi) is 6.15. The zero-order valence-electron chi connectivity index (χ0n) is 19.1. The van der Waals surface area contributed by atoms with Gasteiger partial charge in [0.25, 0.3) is 0 Å². The van der Waals surface area contributed by atoms with Gasteiger partial charge in [0.15, 0.2) is 0 Å². The van der Waals surface area contributed by atoms with E-state index >= 15 is 0 Å². The van der Waals surface area contributed by atoms with Crippen LogP contribution in [0.25, 0.3) is 15.9 Å². The van der Waals surface area contributed by atoms with Crippen LogP contribution in [0.4, 0.5) is 5.69 Å². The van der Waals surface area contributed by atoms with E-state index in [1.54, 1.807) is 0 Å². The second kappa shape index (κ2) is 8.52. The van der Waals surface area contributed by atoms with Crippen LogP contribution in [0.5, 0.6) is 0 Å². The molecule has 0 fully saturated rings. The molecule has 0 bridgehead atoms. The summed E-state index contributed by atoms with van der Waals surface area (Å²) in [5.41, 5.74) is 9.81. The predicted molar refractivity (Wildman–Crippen MR) is 132 cm³/mol. The van der Waals surface area contributed by atoms with Crippen LogP contribution in [0.3, 0.4) is 0 Å². The van der Waals surface area contributed by atoms with E-state index in [1.165, 1.54) is 56.9 Å². The van der Waals surface area contributed by atoms with Gasteiger partial charge in [0, 0.05) is 0 Å². The first-order valence-corrected chi connectivity index (χ1v) is 14.1. The number of fused-ring (bicyclic) bond motifs is 2. The van der Waals surface area contributed by atoms with E-state index in [-0.39, 0.29) is 0 Å². The number of allylic oxidation sites excluding steroid dienone is 2. The van der Waals surface area contributed by atoms with Gasteiger partial charge in [0.2, 0.25) is 0 Å². The Bertz CT molecular complexity index is 1200. The number of benzene rings is 2. The molecule has 4 rings (SSSR count). The number of anilines is 1. The summed E-state index contributed by atoms with van der Waals surface area (Å²) in [6.45, 7) is 17.8. The molecule has 1 aliphatic heterocycles. The molecule has 2 nitrogen and oxygen atoms in total. The molecule has 1 aromatic heterocycles. The molecule has 0 atom stereocenters. The molecule has 1 aliphatic rings. The number of aromatic nitrogens is 1. The van der Waals surface area contributed by atoms with Gasteiger partial charge >= 0.3 is 194 Å². The summed E-state index contributed by atoms with van der Waals surface area (Å²) in [5.74, 6) is 0. The summed E-state index contributed by atoms with van der Waals surface area (Å²) >= 11 is 0.762. The Labute approximate surface area is 193 Å². The van der Waals surface area contributed by atoms with Crippen molar-refractivity contribution in [1.29, 1.82) is 0 Å². The average molecular weight is 529 g/mol. The molecule has 0 N–H and O–H groups in total. The van der Waals surface area contributed by atoms with Gasteiger partial charge < -0.3 is 0 Å². The standard InChI is InChI=1S/C26H31N2Se2/c1-8-27-21-12-17(4)19(6)14-23(21)29-25(27)10-16(3)11-26-28(9-2)22-13-18(5)20(7)15-24(22)30-26/h10-15H,8-9H2,1-7H3/q+1. The van der Waals surface area contributed by atoms with Crippen LogP contribution in [-0.4, -0.2) is 36.0 Å². The minimum absolute atomic E-state index is 0.381. The Morgan fingerprint density at radius 3 is 2.33 bits per heavy atom. The van der Waals surface area contributed by atoms with Crippen molar-refractivity contribution in [1.82, 2.24) is 0 Å². The fourth-order valence-corrected chi connectivity index (χ4v) is 9.53. The van der Waals surface area contributed by atoms with Crippen LogP contribution in [0.2, 0.25) is 0 Å². The predicted octanol–water partition coefficient (Wildman–Crippen LogP) is 4.55. The van der Waals surface area contributed by atoms with Crippen molar-refractivity contribution >= 4 is 55.5 Å². The summed E-state index contributed by atoms with van der Waals surface area (Å²) in [6, 6.07) is 9.57. The van der Waals surface area contributed by atoms with E-state index in [0.29, 0.717) is 29.5 Å². The first kappa shape index (κ1) is 21.7. The van der Waals surface area contributed by atoms with Crippen LogP contribution in [-0.2, 0) is 6.54 Å². The fraction of sp³-hybridized carbons (Fsp3) is 0.346.